The highest BCUT2D eigenvalue weighted by atomic mass is 32.2. The van der Waals surface area contributed by atoms with Crippen LogP contribution in [0.25, 0.3) is 0 Å². The lowest BCUT2D eigenvalue weighted by atomic mass is 10.1. The minimum atomic E-state index is -2.87. The van der Waals surface area contributed by atoms with Crippen molar-refractivity contribution >= 4 is 15.8 Å². The van der Waals surface area contributed by atoms with Crippen LogP contribution in [0.1, 0.15) is 25.0 Å². The first kappa shape index (κ1) is 19.9. The molecule has 27 heavy (non-hydrogen) atoms. The summed E-state index contributed by atoms with van der Waals surface area (Å²) in [6.07, 6.45) is 4.45. The van der Waals surface area contributed by atoms with Gasteiger partial charge in [-0.1, -0.05) is 12.2 Å². The van der Waals surface area contributed by atoms with Crippen LogP contribution < -0.4 is 5.32 Å². The Morgan fingerprint density at radius 3 is 2.96 bits per heavy atom. The van der Waals surface area contributed by atoms with Crippen LogP contribution in [-0.4, -0.2) is 73.3 Å². The van der Waals surface area contributed by atoms with E-state index in [1.807, 2.05) is 26.4 Å². The summed E-state index contributed by atoms with van der Waals surface area (Å²) in [4.78, 5) is 6.86. The smallest absolute Gasteiger partial charge is 0.194 e. The van der Waals surface area contributed by atoms with Gasteiger partial charge in [-0.15, -0.1) is 0 Å². The number of hydrogen-bond donors (Lipinski definition) is 1. The number of nitrogens with one attached hydrogen (secondary N) is 1. The van der Waals surface area contributed by atoms with Crippen molar-refractivity contribution in [2.24, 2.45) is 18.0 Å². The lowest BCUT2D eigenvalue weighted by molar-refractivity contribution is -0.00809. The Kier molecular flexibility index (Phi) is 6.21. The summed E-state index contributed by atoms with van der Waals surface area (Å²) in [7, 11) is -0.983. The number of sulfone groups is 1. The Hall–Kier alpha value is -1.87. The average molecular weight is 396 g/mol. The van der Waals surface area contributed by atoms with Crippen LogP contribution in [0, 0.1) is 5.92 Å². The van der Waals surface area contributed by atoms with E-state index in [0.29, 0.717) is 32.7 Å². The lowest BCUT2D eigenvalue weighted by Crippen LogP contribution is -2.49. The highest BCUT2D eigenvalue weighted by molar-refractivity contribution is 7.91. The fourth-order valence-electron chi connectivity index (χ4n) is 3.40. The van der Waals surface area contributed by atoms with Crippen LogP contribution in [0.15, 0.2) is 29.5 Å². The van der Waals surface area contributed by atoms with Gasteiger partial charge in [-0.25, -0.2) is 13.4 Å². The van der Waals surface area contributed by atoms with E-state index in [4.69, 9.17) is 4.74 Å². The molecular formula is C18H29N5O3S. The highest BCUT2D eigenvalue weighted by Crippen LogP contribution is 2.22. The monoisotopic (exact) mass is 395 g/mol. The van der Waals surface area contributed by atoms with E-state index in [1.165, 1.54) is 0 Å². The molecule has 9 heteroatoms. The molecule has 1 aromatic rings. The molecule has 0 aliphatic carbocycles. The molecule has 2 saturated heterocycles. The second-order valence-corrected chi connectivity index (χ2v) is 9.73. The summed E-state index contributed by atoms with van der Waals surface area (Å²) in [5, 5.41) is 7.62. The van der Waals surface area contributed by atoms with Crippen molar-refractivity contribution in [3.63, 3.8) is 0 Å². The van der Waals surface area contributed by atoms with Crippen molar-refractivity contribution in [3.05, 3.63) is 30.1 Å². The van der Waals surface area contributed by atoms with E-state index < -0.39 is 9.84 Å². The summed E-state index contributed by atoms with van der Waals surface area (Å²) in [6, 6.07) is 0. The maximum absolute atomic E-state index is 11.7. The third kappa shape index (κ3) is 5.55. The summed E-state index contributed by atoms with van der Waals surface area (Å²) in [6.45, 7) is 9.05. The molecule has 8 nitrogen and oxygen atoms in total. The summed E-state index contributed by atoms with van der Waals surface area (Å²) in [5.74, 6) is 1.48. The largest absolute Gasteiger partial charge is 0.370 e. The van der Waals surface area contributed by atoms with Gasteiger partial charge in [0.1, 0.15) is 6.10 Å². The molecule has 0 bridgehead atoms. The predicted octanol–water partition coefficient (Wildman–Crippen LogP) is 0.750. The number of aliphatic imine (C=N–C) groups is 1. The number of aryl methyl sites for hydroxylation is 1. The Balaban J connectivity index is 1.66. The fraction of sp³-hybridized carbons (Fsp3) is 0.667. The zero-order valence-electron chi connectivity index (χ0n) is 16.1. The van der Waals surface area contributed by atoms with Crippen LogP contribution in [0.3, 0.4) is 0 Å². The summed E-state index contributed by atoms with van der Waals surface area (Å²) in [5.41, 5.74) is 2.03. The second kappa shape index (κ2) is 8.43. The van der Waals surface area contributed by atoms with Crippen LogP contribution in [0.5, 0.6) is 0 Å². The van der Waals surface area contributed by atoms with Crippen molar-refractivity contribution in [1.29, 1.82) is 0 Å². The van der Waals surface area contributed by atoms with Crippen LogP contribution >= 0.6 is 0 Å². The Morgan fingerprint density at radius 2 is 2.33 bits per heavy atom. The second-order valence-electron chi connectivity index (χ2n) is 7.50. The molecule has 0 aromatic carbocycles. The Labute approximate surface area is 161 Å². The van der Waals surface area contributed by atoms with Gasteiger partial charge in [0.25, 0.3) is 0 Å². The van der Waals surface area contributed by atoms with Gasteiger partial charge in [0, 0.05) is 31.9 Å². The number of guanidine groups is 1. The molecule has 1 aromatic heterocycles. The number of rotatable bonds is 5. The van der Waals surface area contributed by atoms with Crippen molar-refractivity contribution in [2.75, 3.05) is 44.3 Å². The molecule has 0 radical (unpaired) electrons. The lowest BCUT2D eigenvalue weighted by Gasteiger charge is -2.35. The standard InChI is InChI=1S/C18H29N5O3S/c1-14(2)8-19-18(20-9-15-4-7-27(24,25)13-15)23-5-6-26-17(12-23)16-10-21-22(3)11-16/h10-11,15,17H,1,4-9,12-13H2,2-3H3,(H,19,20). The molecule has 0 saturated carbocycles. The van der Waals surface area contributed by atoms with Gasteiger partial charge in [0.15, 0.2) is 15.8 Å². The Morgan fingerprint density at radius 1 is 1.52 bits per heavy atom. The molecule has 3 rings (SSSR count). The van der Waals surface area contributed by atoms with Gasteiger partial charge in [-0.2, -0.15) is 5.10 Å². The summed E-state index contributed by atoms with van der Waals surface area (Å²) >= 11 is 0. The first-order valence-electron chi connectivity index (χ1n) is 9.30. The zero-order chi connectivity index (χ0) is 19.4. The van der Waals surface area contributed by atoms with Crippen LogP contribution in [-0.2, 0) is 21.6 Å². The summed E-state index contributed by atoms with van der Waals surface area (Å²) < 4.78 is 31.1. The molecule has 1 N–H and O–H groups in total. The Bertz CT molecular complexity index is 802. The maximum Gasteiger partial charge on any atom is 0.194 e. The minimum Gasteiger partial charge on any atom is -0.370 e. The molecular weight excluding hydrogens is 366 g/mol. The predicted molar refractivity (Wildman–Crippen MR) is 105 cm³/mol. The van der Waals surface area contributed by atoms with Crippen molar-refractivity contribution in [2.45, 2.75) is 19.4 Å². The SMILES string of the molecule is C=C(C)CN=C(NCC1CCS(=O)(=O)C1)N1CCOC(c2cnn(C)c2)C1. The van der Waals surface area contributed by atoms with Crippen LogP contribution in [0.2, 0.25) is 0 Å². The highest BCUT2D eigenvalue weighted by Gasteiger charge is 2.29. The van der Waals surface area contributed by atoms with E-state index in [9.17, 15) is 8.42 Å². The molecule has 3 heterocycles. The zero-order valence-corrected chi connectivity index (χ0v) is 16.9. The van der Waals surface area contributed by atoms with Gasteiger partial charge < -0.3 is 15.0 Å². The van der Waals surface area contributed by atoms with Crippen LogP contribution in [0.4, 0.5) is 0 Å². The van der Waals surface area contributed by atoms with E-state index in [2.05, 4.69) is 26.9 Å². The fourth-order valence-corrected chi connectivity index (χ4v) is 5.26. The average Bonchev–Trinajstić information content (AvgIpc) is 3.20. The molecule has 2 unspecified atom stereocenters. The van der Waals surface area contributed by atoms with Gasteiger partial charge >= 0.3 is 0 Å². The third-order valence-corrected chi connectivity index (χ3v) is 6.67. The number of aromatic nitrogens is 2. The molecule has 2 aliphatic rings. The minimum absolute atomic E-state index is 0.0591. The molecule has 0 amide bonds. The number of nitrogens with zero attached hydrogens (tertiary/aromatic N) is 4. The quantitative estimate of drug-likeness (QED) is 0.450. The number of morpholine rings is 1. The first-order valence-corrected chi connectivity index (χ1v) is 11.1. The van der Waals surface area contributed by atoms with Gasteiger partial charge in [-0.05, 0) is 19.3 Å². The van der Waals surface area contributed by atoms with E-state index in [0.717, 1.165) is 23.6 Å². The molecule has 0 spiro atoms. The first-order chi connectivity index (χ1) is 12.8. The van der Waals surface area contributed by atoms with E-state index >= 15 is 0 Å². The third-order valence-electron chi connectivity index (χ3n) is 4.84. The maximum atomic E-state index is 11.7. The normalized spacial score (nSPS) is 25.6. The molecule has 2 atom stereocenters. The van der Waals surface area contributed by atoms with Crippen molar-refractivity contribution in [3.8, 4) is 0 Å². The molecule has 150 valence electrons. The molecule has 2 aliphatic heterocycles. The van der Waals surface area contributed by atoms with E-state index in [1.54, 1.807) is 4.68 Å². The van der Waals surface area contributed by atoms with Crippen molar-refractivity contribution in [1.82, 2.24) is 20.0 Å². The molecule has 2 fully saturated rings. The number of hydrogen-bond acceptors (Lipinski definition) is 5. The number of ether oxygens (including phenoxy) is 1. The topological polar surface area (TPSA) is 88.8 Å². The van der Waals surface area contributed by atoms with Crippen molar-refractivity contribution < 1.29 is 13.2 Å². The van der Waals surface area contributed by atoms with Gasteiger partial charge in [0.2, 0.25) is 0 Å². The van der Waals surface area contributed by atoms with Gasteiger partial charge in [-0.3, -0.25) is 4.68 Å². The van der Waals surface area contributed by atoms with E-state index in [-0.39, 0.29) is 23.5 Å². The van der Waals surface area contributed by atoms with Gasteiger partial charge in [0.05, 0.1) is 37.4 Å².